The van der Waals surface area contributed by atoms with Gasteiger partial charge in [-0.15, -0.1) is 0 Å². The summed E-state index contributed by atoms with van der Waals surface area (Å²) in [5, 5.41) is 2.90. The monoisotopic (exact) mass is 270 g/mol. The molecule has 96 valence electrons. The van der Waals surface area contributed by atoms with Crippen molar-refractivity contribution in [2.75, 3.05) is 5.32 Å². The van der Waals surface area contributed by atoms with Crippen LogP contribution in [0.1, 0.15) is 27.9 Å². The second-order valence-corrected chi connectivity index (χ2v) is 5.11. The Hall–Kier alpha value is -1.94. The van der Waals surface area contributed by atoms with Crippen LogP contribution >= 0.6 is 12.2 Å². The highest BCUT2D eigenvalue weighted by Crippen LogP contribution is 2.25. The van der Waals surface area contributed by atoms with Crippen molar-refractivity contribution in [2.45, 2.75) is 19.3 Å². The number of amides is 1. The number of pyridine rings is 1. The summed E-state index contributed by atoms with van der Waals surface area (Å²) in [6, 6.07) is 9.62. The van der Waals surface area contributed by atoms with Crippen molar-refractivity contribution < 1.29 is 4.79 Å². The van der Waals surface area contributed by atoms with Gasteiger partial charge in [0.2, 0.25) is 0 Å². The second kappa shape index (κ2) is 4.97. The average Bonchev–Trinajstić information content (AvgIpc) is 2.86. The van der Waals surface area contributed by atoms with Gasteiger partial charge in [0.1, 0.15) is 4.64 Å². The molecule has 1 aromatic carbocycles. The molecule has 1 heterocycles. The topological polar surface area (TPSA) is 44.9 Å². The molecule has 0 aliphatic heterocycles. The molecule has 0 saturated carbocycles. The lowest BCUT2D eigenvalue weighted by molar-refractivity contribution is 0.102. The Kier molecular flexibility index (Phi) is 3.17. The molecule has 1 amide bonds. The summed E-state index contributed by atoms with van der Waals surface area (Å²) in [4.78, 5) is 15.0. The zero-order valence-corrected chi connectivity index (χ0v) is 11.2. The summed E-state index contributed by atoms with van der Waals surface area (Å²) in [5.74, 6) is -0.167. The van der Waals surface area contributed by atoms with Crippen LogP contribution in [0.3, 0.4) is 0 Å². The summed E-state index contributed by atoms with van der Waals surface area (Å²) in [7, 11) is 0. The van der Waals surface area contributed by atoms with Crippen molar-refractivity contribution in [1.29, 1.82) is 0 Å². The molecule has 1 aliphatic rings. The Balaban J connectivity index is 1.84. The van der Waals surface area contributed by atoms with Gasteiger partial charge in [-0.1, -0.05) is 18.3 Å². The molecule has 1 aliphatic carbocycles. The van der Waals surface area contributed by atoms with Crippen LogP contribution < -0.4 is 5.32 Å². The van der Waals surface area contributed by atoms with Crippen LogP contribution in [-0.4, -0.2) is 10.9 Å². The maximum Gasteiger partial charge on any atom is 0.258 e. The minimum Gasteiger partial charge on any atom is -0.352 e. The number of H-pyrrole nitrogens is 1. The first-order valence-electron chi connectivity index (χ1n) is 6.35. The fourth-order valence-corrected chi connectivity index (χ4v) is 2.68. The van der Waals surface area contributed by atoms with Crippen LogP contribution in [0, 0.1) is 4.64 Å². The van der Waals surface area contributed by atoms with E-state index in [4.69, 9.17) is 12.2 Å². The van der Waals surface area contributed by atoms with E-state index in [-0.39, 0.29) is 5.91 Å². The van der Waals surface area contributed by atoms with E-state index < -0.39 is 0 Å². The van der Waals surface area contributed by atoms with Gasteiger partial charge in [0.05, 0.1) is 5.56 Å². The zero-order valence-electron chi connectivity index (χ0n) is 10.4. The third-order valence-corrected chi connectivity index (χ3v) is 3.76. The number of benzene rings is 1. The van der Waals surface area contributed by atoms with Gasteiger partial charge in [-0.25, -0.2) is 0 Å². The Morgan fingerprint density at radius 1 is 1.21 bits per heavy atom. The summed E-state index contributed by atoms with van der Waals surface area (Å²) in [5.41, 5.74) is 4.08. The molecule has 2 aromatic rings. The quantitative estimate of drug-likeness (QED) is 0.821. The molecule has 3 nitrogen and oxygen atoms in total. The molecule has 0 atom stereocenters. The van der Waals surface area contributed by atoms with Crippen molar-refractivity contribution in [3.63, 3.8) is 0 Å². The lowest BCUT2D eigenvalue weighted by Gasteiger charge is -2.07. The fraction of sp³-hybridized carbons (Fsp3) is 0.200. The normalized spacial score (nSPS) is 13.1. The lowest BCUT2D eigenvalue weighted by Crippen LogP contribution is -2.13. The predicted octanol–water partition coefficient (Wildman–Crippen LogP) is 3.49. The first kappa shape index (κ1) is 12.1. The second-order valence-electron chi connectivity index (χ2n) is 4.70. The summed E-state index contributed by atoms with van der Waals surface area (Å²) < 4.78 is 0.459. The van der Waals surface area contributed by atoms with Gasteiger partial charge in [0.15, 0.2) is 0 Å². The Bertz CT molecular complexity index is 691. The summed E-state index contributed by atoms with van der Waals surface area (Å²) >= 11 is 5.11. The van der Waals surface area contributed by atoms with Gasteiger partial charge in [-0.05, 0) is 54.7 Å². The number of rotatable bonds is 2. The van der Waals surface area contributed by atoms with Crippen molar-refractivity contribution in [3.05, 3.63) is 57.9 Å². The number of hydrogen-bond donors (Lipinski definition) is 2. The van der Waals surface area contributed by atoms with Crippen LogP contribution in [0.4, 0.5) is 5.69 Å². The number of aryl methyl sites for hydroxylation is 2. The van der Waals surface area contributed by atoms with Crippen LogP contribution in [0.25, 0.3) is 0 Å². The molecule has 19 heavy (non-hydrogen) atoms. The van der Waals surface area contributed by atoms with Crippen molar-refractivity contribution >= 4 is 23.8 Å². The van der Waals surface area contributed by atoms with E-state index >= 15 is 0 Å². The number of fused-ring (bicyclic) bond motifs is 1. The van der Waals surface area contributed by atoms with E-state index in [2.05, 4.69) is 22.4 Å². The highest BCUT2D eigenvalue weighted by atomic mass is 32.1. The molecule has 0 radical (unpaired) electrons. The van der Waals surface area contributed by atoms with Gasteiger partial charge < -0.3 is 10.3 Å². The molecule has 0 bridgehead atoms. The van der Waals surface area contributed by atoms with E-state index in [9.17, 15) is 4.79 Å². The van der Waals surface area contributed by atoms with Crippen LogP contribution in [-0.2, 0) is 12.8 Å². The third kappa shape index (κ3) is 2.44. The van der Waals surface area contributed by atoms with Crippen molar-refractivity contribution in [2.24, 2.45) is 0 Å². The average molecular weight is 270 g/mol. The van der Waals surface area contributed by atoms with E-state index in [1.165, 1.54) is 17.5 Å². The summed E-state index contributed by atoms with van der Waals surface area (Å²) in [6.45, 7) is 0. The number of aromatic amines is 1. The van der Waals surface area contributed by atoms with Crippen molar-refractivity contribution in [1.82, 2.24) is 4.98 Å². The Labute approximate surface area is 116 Å². The molecule has 0 fully saturated rings. The van der Waals surface area contributed by atoms with Gasteiger partial charge in [-0.3, -0.25) is 4.79 Å². The Morgan fingerprint density at radius 3 is 2.89 bits per heavy atom. The highest BCUT2D eigenvalue weighted by molar-refractivity contribution is 7.71. The van der Waals surface area contributed by atoms with Gasteiger partial charge >= 0.3 is 0 Å². The first-order valence-corrected chi connectivity index (χ1v) is 6.76. The van der Waals surface area contributed by atoms with Gasteiger partial charge in [-0.2, -0.15) is 0 Å². The molecule has 1 aromatic heterocycles. The molecular formula is C15H14N2OS. The van der Waals surface area contributed by atoms with Crippen LogP contribution in [0.5, 0.6) is 0 Å². The first-order chi connectivity index (χ1) is 9.24. The number of carbonyl (C=O) groups excluding carboxylic acids is 1. The number of anilines is 1. The SMILES string of the molecule is O=C(Nc1ccc2c(c1)CCC2)c1ccc[nH]c1=S. The maximum absolute atomic E-state index is 12.1. The van der Waals surface area contributed by atoms with Gasteiger partial charge in [0, 0.05) is 11.9 Å². The molecule has 3 rings (SSSR count). The van der Waals surface area contributed by atoms with E-state index in [0.717, 1.165) is 18.5 Å². The molecule has 0 spiro atoms. The molecular weight excluding hydrogens is 256 g/mol. The minimum atomic E-state index is -0.167. The van der Waals surface area contributed by atoms with Crippen LogP contribution in [0.2, 0.25) is 0 Å². The number of carbonyl (C=O) groups is 1. The molecule has 4 heteroatoms. The predicted molar refractivity (Wildman–Crippen MR) is 78.0 cm³/mol. The van der Waals surface area contributed by atoms with E-state index in [0.29, 0.717) is 10.2 Å². The minimum absolute atomic E-state index is 0.167. The number of aromatic nitrogens is 1. The fourth-order valence-electron chi connectivity index (χ4n) is 2.45. The summed E-state index contributed by atoms with van der Waals surface area (Å²) in [6.07, 6.45) is 5.17. The highest BCUT2D eigenvalue weighted by Gasteiger charge is 2.13. The number of hydrogen-bond acceptors (Lipinski definition) is 2. The van der Waals surface area contributed by atoms with Crippen molar-refractivity contribution in [3.8, 4) is 0 Å². The van der Waals surface area contributed by atoms with E-state index in [1.807, 2.05) is 6.07 Å². The zero-order chi connectivity index (χ0) is 13.2. The lowest BCUT2D eigenvalue weighted by atomic mass is 10.1. The third-order valence-electron chi connectivity index (χ3n) is 3.42. The largest absolute Gasteiger partial charge is 0.352 e. The molecule has 0 saturated heterocycles. The number of nitrogens with one attached hydrogen (secondary N) is 2. The van der Waals surface area contributed by atoms with Crippen LogP contribution in [0.15, 0.2) is 36.5 Å². The smallest absolute Gasteiger partial charge is 0.258 e. The van der Waals surface area contributed by atoms with Gasteiger partial charge in [0.25, 0.3) is 5.91 Å². The Morgan fingerprint density at radius 2 is 2.05 bits per heavy atom. The standard InChI is InChI=1S/C15H14N2OS/c18-14(13-5-2-8-16-15(13)19)17-12-7-6-10-3-1-4-11(10)9-12/h2,5-9H,1,3-4H2,(H,16,19)(H,17,18). The molecule has 2 N–H and O–H groups in total. The van der Waals surface area contributed by atoms with E-state index in [1.54, 1.807) is 18.3 Å². The molecule has 0 unspecified atom stereocenters. The maximum atomic E-state index is 12.1.